The van der Waals surface area contributed by atoms with Crippen molar-refractivity contribution in [1.82, 2.24) is 15.3 Å². The van der Waals surface area contributed by atoms with Crippen molar-refractivity contribution < 1.29 is 0 Å². The Morgan fingerprint density at radius 1 is 1.31 bits per heavy atom. The molecule has 0 amide bonds. The minimum absolute atomic E-state index is 0.198. The van der Waals surface area contributed by atoms with Gasteiger partial charge in [0.25, 0.3) is 0 Å². The number of rotatable bonds is 5. The summed E-state index contributed by atoms with van der Waals surface area (Å²) in [6, 6.07) is 2.21. The van der Waals surface area contributed by atoms with Crippen LogP contribution in [0.2, 0.25) is 0 Å². The summed E-state index contributed by atoms with van der Waals surface area (Å²) in [6.45, 7) is 7.33. The van der Waals surface area contributed by atoms with Crippen LogP contribution in [0.4, 0.5) is 0 Å². The van der Waals surface area contributed by atoms with Crippen LogP contribution >= 0.6 is 11.6 Å². The standard InChI is InChI=1S/C12H20ClN3/c1-12(2,3)10(5-6-13)16-9-11-14-7-4-8-15-11/h4,7-8,10,16H,5-6,9H2,1-3H3. The van der Waals surface area contributed by atoms with Crippen LogP contribution in [0.25, 0.3) is 0 Å². The molecule has 0 bridgehead atoms. The topological polar surface area (TPSA) is 37.8 Å². The molecule has 1 aromatic rings. The summed E-state index contributed by atoms with van der Waals surface area (Å²) in [5.74, 6) is 1.50. The lowest BCUT2D eigenvalue weighted by atomic mass is 9.85. The zero-order chi connectivity index (χ0) is 12.0. The normalized spacial score (nSPS) is 13.8. The van der Waals surface area contributed by atoms with Crippen molar-refractivity contribution in [2.45, 2.75) is 39.8 Å². The lowest BCUT2D eigenvalue weighted by Crippen LogP contribution is -2.40. The fourth-order valence-electron chi connectivity index (χ4n) is 1.59. The highest BCUT2D eigenvalue weighted by Crippen LogP contribution is 2.22. The van der Waals surface area contributed by atoms with Gasteiger partial charge < -0.3 is 5.32 Å². The fourth-order valence-corrected chi connectivity index (χ4v) is 1.80. The SMILES string of the molecule is CC(C)(C)C(CCCl)NCc1ncccn1. The zero-order valence-corrected chi connectivity index (χ0v) is 11.0. The van der Waals surface area contributed by atoms with Gasteiger partial charge >= 0.3 is 0 Å². The third kappa shape index (κ3) is 4.45. The molecule has 1 unspecified atom stereocenters. The molecule has 0 saturated carbocycles. The molecule has 1 heterocycles. The van der Waals surface area contributed by atoms with Crippen molar-refractivity contribution >= 4 is 11.6 Å². The van der Waals surface area contributed by atoms with Gasteiger partial charge in [-0.25, -0.2) is 9.97 Å². The van der Waals surface area contributed by atoms with Gasteiger partial charge in [0, 0.05) is 24.3 Å². The molecule has 3 nitrogen and oxygen atoms in total. The van der Waals surface area contributed by atoms with E-state index in [0.717, 1.165) is 12.2 Å². The van der Waals surface area contributed by atoms with Gasteiger partial charge in [-0.15, -0.1) is 11.6 Å². The van der Waals surface area contributed by atoms with Crippen molar-refractivity contribution in [2.24, 2.45) is 5.41 Å². The van der Waals surface area contributed by atoms with E-state index >= 15 is 0 Å². The highest BCUT2D eigenvalue weighted by atomic mass is 35.5. The molecule has 0 saturated heterocycles. The largest absolute Gasteiger partial charge is 0.306 e. The summed E-state index contributed by atoms with van der Waals surface area (Å²) in [7, 11) is 0. The van der Waals surface area contributed by atoms with Gasteiger partial charge in [-0.2, -0.15) is 0 Å². The molecule has 0 aromatic carbocycles. The Labute approximate surface area is 103 Å². The van der Waals surface area contributed by atoms with Crippen LogP contribution in [0.3, 0.4) is 0 Å². The van der Waals surface area contributed by atoms with E-state index < -0.39 is 0 Å². The van der Waals surface area contributed by atoms with Gasteiger partial charge in [-0.3, -0.25) is 0 Å². The van der Waals surface area contributed by atoms with Crippen LogP contribution in [0.15, 0.2) is 18.5 Å². The summed E-state index contributed by atoms with van der Waals surface area (Å²) in [6.07, 6.45) is 4.48. The van der Waals surface area contributed by atoms with Gasteiger partial charge in [0.15, 0.2) is 0 Å². The maximum Gasteiger partial charge on any atom is 0.141 e. The Balaban J connectivity index is 2.51. The second-order valence-electron chi connectivity index (χ2n) is 4.94. The van der Waals surface area contributed by atoms with E-state index in [1.54, 1.807) is 12.4 Å². The molecule has 0 aliphatic carbocycles. The molecular weight excluding hydrogens is 222 g/mol. The van der Waals surface area contributed by atoms with E-state index in [2.05, 4.69) is 36.1 Å². The molecule has 1 N–H and O–H groups in total. The lowest BCUT2D eigenvalue weighted by Gasteiger charge is -2.31. The molecule has 90 valence electrons. The van der Waals surface area contributed by atoms with Crippen LogP contribution in [-0.4, -0.2) is 21.9 Å². The molecular formula is C12H20ClN3. The second kappa shape index (κ2) is 6.16. The Morgan fingerprint density at radius 2 is 1.94 bits per heavy atom. The summed E-state index contributed by atoms with van der Waals surface area (Å²) in [4.78, 5) is 8.37. The number of halogens is 1. The van der Waals surface area contributed by atoms with Crippen LogP contribution in [0, 0.1) is 5.41 Å². The van der Waals surface area contributed by atoms with Crippen LogP contribution < -0.4 is 5.32 Å². The molecule has 0 fully saturated rings. The third-order valence-electron chi connectivity index (χ3n) is 2.57. The second-order valence-corrected chi connectivity index (χ2v) is 5.32. The monoisotopic (exact) mass is 241 g/mol. The van der Waals surface area contributed by atoms with Crippen LogP contribution in [0.5, 0.6) is 0 Å². The number of nitrogens with zero attached hydrogens (tertiary/aromatic N) is 2. The Bertz CT molecular complexity index is 295. The average molecular weight is 242 g/mol. The van der Waals surface area contributed by atoms with E-state index in [9.17, 15) is 0 Å². The van der Waals surface area contributed by atoms with Gasteiger partial charge in [0.1, 0.15) is 5.82 Å². The zero-order valence-electron chi connectivity index (χ0n) is 10.2. The van der Waals surface area contributed by atoms with Crippen molar-refractivity contribution in [3.05, 3.63) is 24.3 Å². The van der Waals surface area contributed by atoms with Crippen LogP contribution in [-0.2, 0) is 6.54 Å². The lowest BCUT2D eigenvalue weighted by molar-refractivity contribution is 0.259. The van der Waals surface area contributed by atoms with Gasteiger partial charge in [-0.1, -0.05) is 20.8 Å². The summed E-state index contributed by atoms with van der Waals surface area (Å²) in [5, 5.41) is 3.47. The Hall–Kier alpha value is -0.670. The Kier molecular flexibility index (Phi) is 5.16. The minimum Gasteiger partial charge on any atom is -0.306 e. The van der Waals surface area contributed by atoms with E-state index in [-0.39, 0.29) is 5.41 Å². The van der Waals surface area contributed by atoms with Gasteiger partial charge in [-0.05, 0) is 17.9 Å². The first-order valence-electron chi connectivity index (χ1n) is 5.59. The number of aromatic nitrogens is 2. The number of nitrogens with one attached hydrogen (secondary N) is 1. The summed E-state index contributed by atoms with van der Waals surface area (Å²) in [5.41, 5.74) is 0.198. The summed E-state index contributed by atoms with van der Waals surface area (Å²) >= 11 is 5.81. The smallest absolute Gasteiger partial charge is 0.141 e. The first-order chi connectivity index (χ1) is 7.54. The first kappa shape index (κ1) is 13.4. The quantitative estimate of drug-likeness (QED) is 0.806. The number of hydrogen-bond acceptors (Lipinski definition) is 3. The van der Waals surface area contributed by atoms with Crippen LogP contribution in [0.1, 0.15) is 33.0 Å². The van der Waals surface area contributed by atoms with Crippen molar-refractivity contribution in [1.29, 1.82) is 0 Å². The molecule has 1 aromatic heterocycles. The maximum absolute atomic E-state index is 5.81. The van der Waals surface area contributed by atoms with Crippen molar-refractivity contribution in [2.75, 3.05) is 5.88 Å². The van der Waals surface area contributed by atoms with E-state index in [1.165, 1.54) is 0 Å². The molecule has 16 heavy (non-hydrogen) atoms. The van der Waals surface area contributed by atoms with E-state index in [4.69, 9.17) is 11.6 Å². The molecule has 1 atom stereocenters. The fraction of sp³-hybridized carbons (Fsp3) is 0.667. The van der Waals surface area contributed by atoms with Gasteiger partial charge in [0.2, 0.25) is 0 Å². The first-order valence-corrected chi connectivity index (χ1v) is 6.12. The minimum atomic E-state index is 0.198. The van der Waals surface area contributed by atoms with Crippen molar-refractivity contribution in [3.8, 4) is 0 Å². The van der Waals surface area contributed by atoms with Crippen molar-refractivity contribution in [3.63, 3.8) is 0 Å². The molecule has 1 rings (SSSR count). The molecule has 0 aliphatic heterocycles. The highest BCUT2D eigenvalue weighted by Gasteiger charge is 2.23. The van der Waals surface area contributed by atoms with Gasteiger partial charge in [0.05, 0.1) is 6.54 Å². The predicted octanol–water partition coefficient (Wildman–Crippen LogP) is 2.61. The third-order valence-corrected chi connectivity index (χ3v) is 2.79. The highest BCUT2D eigenvalue weighted by molar-refractivity contribution is 6.17. The maximum atomic E-state index is 5.81. The van der Waals surface area contributed by atoms with E-state index in [0.29, 0.717) is 18.5 Å². The molecule has 0 aliphatic rings. The molecule has 0 spiro atoms. The summed E-state index contributed by atoms with van der Waals surface area (Å²) < 4.78 is 0. The molecule has 4 heteroatoms. The predicted molar refractivity (Wildman–Crippen MR) is 67.5 cm³/mol. The Morgan fingerprint density at radius 3 is 2.44 bits per heavy atom. The number of hydrogen-bond donors (Lipinski definition) is 1. The molecule has 0 radical (unpaired) electrons. The average Bonchev–Trinajstić information content (AvgIpc) is 2.24. The number of alkyl halides is 1. The van der Waals surface area contributed by atoms with E-state index in [1.807, 2.05) is 6.07 Å².